The van der Waals surface area contributed by atoms with Crippen molar-refractivity contribution in [1.82, 2.24) is 0 Å². The van der Waals surface area contributed by atoms with E-state index in [1.54, 1.807) is 0 Å². The van der Waals surface area contributed by atoms with Crippen molar-refractivity contribution < 1.29 is 14.6 Å². The summed E-state index contributed by atoms with van der Waals surface area (Å²) in [5, 5.41) is 10.7. The third-order valence-corrected chi connectivity index (χ3v) is 5.97. The zero-order chi connectivity index (χ0) is 17.3. The van der Waals surface area contributed by atoms with Gasteiger partial charge in [0.25, 0.3) is 0 Å². The van der Waals surface area contributed by atoms with Gasteiger partial charge in [0.15, 0.2) is 6.29 Å². The fraction of sp³-hybridized carbons (Fsp3) is 0.714. The topological polar surface area (TPSA) is 38.7 Å². The minimum Gasteiger partial charge on any atom is -0.389 e. The van der Waals surface area contributed by atoms with Gasteiger partial charge in [-0.1, -0.05) is 25.8 Å². The van der Waals surface area contributed by atoms with Crippen LogP contribution in [-0.2, 0) is 9.47 Å². The molecule has 0 aromatic heterocycles. The predicted octanol–water partition coefficient (Wildman–Crippen LogP) is 3.83. The molecule has 2 fully saturated rings. The Morgan fingerprint density at radius 3 is 2.71 bits per heavy atom. The van der Waals surface area contributed by atoms with Crippen LogP contribution in [0.2, 0.25) is 0 Å². The monoisotopic (exact) mass is 330 g/mol. The molecule has 3 nitrogen and oxygen atoms in total. The first-order valence-electron chi connectivity index (χ1n) is 9.18. The molecule has 0 aromatic carbocycles. The molecule has 0 radical (unpaired) electrons. The molecule has 3 heteroatoms. The van der Waals surface area contributed by atoms with Crippen molar-refractivity contribution in [3.05, 3.63) is 22.8 Å². The van der Waals surface area contributed by atoms with Crippen molar-refractivity contribution in [3.63, 3.8) is 0 Å². The van der Waals surface area contributed by atoms with Crippen LogP contribution in [0.3, 0.4) is 0 Å². The smallest absolute Gasteiger partial charge is 0.180 e. The van der Waals surface area contributed by atoms with Crippen LogP contribution in [0.4, 0.5) is 0 Å². The Bertz CT molecular complexity index is 596. The van der Waals surface area contributed by atoms with E-state index in [2.05, 4.69) is 31.8 Å². The lowest BCUT2D eigenvalue weighted by atomic mass is 9.98. The number of allylic oxidation sites excluding steroid dienone is 2. The van der Waals surface area contributed by atoms with Gasteiger partial charge in [-0.3, -0.25) is 0 Å². The summed E-state index contributed by atoms with van der Waals surface area (Å²) in [6.45, 7) is 9.82. The van der Waals surface area contributed by atoms with Gasteiger partial charge in [0.05, 0.1) is 19.3 Å². The Labute approximate surface area is 146 Å². The number of hydrogen-bond donors (Lipinski definition) is 1. The van der Waals surface area contributed by atoms with Crippen LogP contribution in [0.5, 0.6) is 0 Å². The van der Waals surface area contributed by atoms with Crippen LogP contribution in [0.25, 0.3) is 0 Å². The molecule has 24 heavy (non-hydrogen) atoms. The minimum absolute atomic E-state index is 0.157. The summed E-state index contributed by atoms with van der Waals surface area (Å²) in [6, 6.07) is 0. The molecule has 1 heterocycles. The largest absolute Gasteiger partial charge is 0.389 e. The summed E-state index contributed by atoms with van der Waals surface area (Å²) in [5.41, 5.74) is 3.86. The Morgan fingerprint density at radius 2 is 2.04 bits per heavy atom. The van der Waals surface area contributed by atoms with Crippen molar-refractivity contribution in [2.75, 3.05) is 13.2 Å². The van der Waals surface area contributed by atoms with E-state index in [9.17, 15) is 5.11 Å². The Hall–Kier alpha value is -1.08. The Balaban J connectivity index is 1.66. The van der Waals surface area contributed by atoms with E-state index in [1.807, 2.05) is 13.8 Å². The third-order valence-electron chi connectivity index (χ3n) is 5.97. The summed E-state index contributed by atoms with van der Waals surface area (Å²) in [4.78, 5) is 0. The summed E-state index contributed by atoms with van der Waals surface area (Å²) in [6.07, 6.45) is 5.68. The average Bonchev–Trinajstić information content (AvgIpc) is 3.04. The van der Waals surface area contributed by atoms with Gasteiger partial charge in [-0.05, 0) is 67.6 Å². The molecule has 0 aromatic rings. The number of aliphatic hydroxyl groups is 1. The molecule has 0 amide bonds. The first-order chi connectivity index (χ1) is 11.4. The van der Waals surface area contributed by atoms with Crippen molar-refractivity contribution >= 4 is 0 Å². The molecule has 3 aliphatic rings. The van der Waals surface area contributed by atoms with Gasteiger partial charge in [-0.25, -0.2) is 0 Å². The zero-order valence-electron chi connectivity index (χ0n) is 15.4. The Kier molecular flexibility index (Phi) is 5.20. The molecule has 1 unspecified atom stereocenters. The van der Waals surface area contributed by atoms with Gasteiger partial charge in [-0.2, -0.15) is 0 Å². The van der Waals surface area contributed by atoms with E-state index in [-0.39, 0.29) is 11.7 Å². The van der Waals surface area contributed by atoms with Gasteiger partial charge in [-0.15, -0.1) is 5.92 Å². The highest BCUT2D eigenvalue weighted by molar-refractivity contribution is 5.35. The van der Waals surface area contributed by atoms with Gasteiger partial charge < -0.3 is 14.6 Å². The predicted molar refractivity (Wildman–Crippen MR) is 95.2 cm³/mol. The summed E-state index contributed by atoms with van der Waals surface area (Å²) in [7, 11) is 0. The molecule has 2 aliphatic carbocycles. The molecule has 132 valence electrons. The maximum absolute atomic E-state index is 10.7. The molecular formula is C21H30O3. The highest BCUT2D eigenvalue weighted by atomic mass is 16.7. The van der Waals surface area contributed by atoms with E-state index < -0.39 is 6.10 Å². The first kappa shape index (κ1) is 17.7. The molecule has 1 N–H and O–H groups in total. The van der Waals surface area contributed by atoms with Crippen LogP contribution in [-0.4, -0.2) is 30.7 Å². The molecule has 0 spiro atoms. The van der Waals surface area contributed by atoms with E-state index in [4.69, 9.17) is 9.47 Å². The van der Waals surface area contributed by atoms with Gasteiger partial charge >= 0.3 is 0 Å². The number of hydrogen-bond acceptors (Lipinski definition) is 3. The zero-order valence-corrected chi connectivity index (χ0v) is 15.4. The fourth-order valence-electron chi connectivity index (χ4n) is 4.21. The molecule has 0 bridgehead atoms. The summed E-state index contributed by atoms with van der Waals surface area (Å²) in [5.74, 6) is 7.24. The maximum atomic E-state index is 10.7. The van der Waals surface area contributed by atoms with Crippen molar-refractivity contribution in [1.29, 1.82) is 0 Å². The Morgan fingerprint density at radius 1 is 1.33 bits per heavy atom. The molecular weight excluding hydrogens is 300 g/mol. The number of aliphatic hydroxyl groups excluding tert-OH is 1. The fourth-order valence-corrected chi connectivity index (χ4v) is 4.21. The molecule has 1 saturated heterocycles. The van der Waals surface area contributed by atoms with Crippen molar-refractivity contribution in [3.8, 4) is 11.8 Å². The average molecular weight is 330 g/mol. The van der Waals surface area contributed by atoms with E-state index in [0.717, 1.165) is 31.3 Å². The second-order valence-electron chi connectivity index (χ2n) is 7.92. The van der Waals surface area contributed by atoms with E-state index in [0.29, 0.717) is 25.0 Å². The standard InChI is InChI=1S/C21H30O3/c1-5-7-17-18(21(17,3)4)13-19(22)14(2)12-15-8-6-9-16(15)20-23-10-11-24-20/h12,17-20,22H,6,8-11,13H2,1-4H3/b14-12+/t17-,18+,19?/m1/s1. The van der Waals surface area contributed by atoms with Crippen LogP contribution in [0, 0.1) is 29.1 Å². The number of ether oxygens (including phenoxy) is 2. The highest BCUT2D eigenvalue weighted by Gasteiger charge is 2.57. The van der Waals surface area contributed by atoms with Gasteiger partial charge in [0.2, 0.25) is 0 Å². The van der Waals surface area contributed by atoms with E-state index in [1.165, 1.54) is 11.1 Å². The molecule has 1 saturated carbocycles. The van der Waals surface area contributed by atoms with Crippen molar-refractivity contribution in [2.45, 2.75) is 65.8 Å². The van der Waals surface area contributed by atoms with Crippen LogP contribution < -0.4 is 0 Å². The molecule has 3 rings (SSSR count). The lowest BCUT2D eigenvalue weighted by Gasteiger charge is -2.15. The second-order valence-corrected chi connectivity index (χ2v) is 7.92. The summed E-state index contributed by atoms with van der Waals surface area (Å²) < 4.78 is 11.3. The van der Waals surface area contributed by atoms with E-state index >= 15 is 0 Å². The van der Waals surface area contributed by atoms with Crippen LogP contribution in [0.1, 0.15) is 53.4 Å². The van der Waals surface area contributed by atoms with Gasteiger partial charge in [0.1, 0.15) is 0 Å². The maximum Gasteiger partial charge on any atom is 0.180 e. The third kappa shape index (κ3) is 3.47. The molecule has 1 aliphatic heterocycles. The highest BCUT2D eigenvalue weighted by Crippen LogP contribution is 2.60. The normalized spacial score (nSPS) is 31.1. The lowest BCUT2D eigenvalue weighted by molar-refractivity contribution is -0.0130. The quantitative estimate of drug-likeness (QED) is 0.779. The first-order valence-corrected chi connectivity index (χ1v) is 9.18. The minimum atomic E-state index is -0.391. The van der Waals surface area contributed by atoms with Crippen molar-refractivity contribution in [2.24, 2.45) is 17.3 Å². The lowest BCUT2D eigenvalue weighted by Crippen LogP contribution is -2.13. The molecule has 3 atom stereocenters. The summed E-state index contributed by atoms with van der Waals surface area (Å²) >= 11 is 0. The van der Waals surface area contributed by atoms with Crippen LogP contribution >= 0.6 is 0 Å². The SMILES string of the molecule is CC#C[C@@H]1[C@H](CC(O)/C(C)=C/C2=C(C3OCCO3)CCC2)C1(C)C. The second kappa shape index (κ2) is 7.04. The van der Waals surface area contributed by atoms with Crippen LogP contribution in [0.15, 0.2) is 22.8 Å². The van der Waals surface area contributed by atoms with Gasteiger partial charge in [0, 0.05) is 5.92 Å². The number of rotatable bonds is 5.